The van der Waals surface area contributed by atoms with Gasteiger partial charge in [-0.3, -0.25) is 0 Å². The molecule has 17 aromatic rings. The van der Waals surface area contributed by atoms with Gasteiger partial charge in [0.05, 0.1) is 51.6 Å². The molecular formula is C112H97BN6. The van der Waals surface area contributed by atoms with Crippen LogP contribution in [0.4, 0.5) is 39.8 Å². The number of nitrogens with zero attached hydrogens (tertiary/aromatic N) is 6. The molecule has 2 aliphatic heterocycles. The highest BCUT2D eigenvalue weighted by Gasteiger charge is 2.47. The number of para-hydroxylation sites is 4. The lowest BCUT2D eigenvalue weighted by Gasteiger charge is -2.46. The Morgan fingerprint density at radius 1 is 0.286 bits per heavy atom. The van der Waals surface area contributed by atoms with E-state index in [1.54, 1.807) is 0 Å². The highest BCUT2D eigenvalue weighted by Crippen LogP contribution is 2.57. The van der Waals surface area contributed by atoms with Gasteiger partial charge in [-0.05, 0) is 213 Å². The van der Waals surface area contributed by atoms with Crippen molar-refractivity contribution in [3.05, 3.63) is 360 Å². The molecule has 7 heteroatoms. The Hall–Kier alpha value is -13.5. The number of anilines is 6. The molecule has 2 aliphatic rings. The Morgan fingerprint density at radius 2 is 0.597 bits per heavy atom. The van der Waals surface area contributed by atoms with Crippen molar-refractivity contribution in [2.24, 2.45) is 0 Å². The van der Waals surface area contributed by atoms with Gasteiger partial charge in [-0.15, -0.1) is 0 Å². The summed E-state index contributed by atoms with van der Waals surface area (Å²) in [7, 11) is 0. The second-order valence-electron chi connectivity index (χ2n) is 38.0. The molecule has 15 aromatic carbocycles. The number of rotatable bonds is 10. The molecule has 0 N–H and O–H groups in total. The number of aromatic nitrogens is 2. The van der Waals surface area contributed by atoms with E-state index in [4.69, 9.17) is 6.57 Å². The van der Waals surface area contributed by atoms with E-state index in [0.29, 0.717) is 11.3 Å². The smallest absolute Gasteiger partial charge is 0.252 e. The zero-order chi connectivity index (χ0) is 82.5. The number of fused-ring (bicyclic) bond motifs is 10. The maximum absolute atomic E-state index is 10.7. The molecule has 0 aliphatic carbocycles. The lowest BCUT2D eigenvalue weighted by molar-refractivity contribution is 0.568. The van der Waals surface area contributed by atoms with Crippen LogP contribution in [0.15, 0.2) is 315 Å². The lowest BCUT2D eigenvalue weighted by atomic mass is 9.33. The van der Waals surface area contributed by atoms with Gasteiger partial charge in [0.2, 0.25) is 0 Å². The van der Waals surface area contributed by atoms with Gasteiger partial charge in [0.1, 0.15) is 0 Å². The lowest BCUT2D eigenvalue weighted by Crippen LogP contribution is -2.61. The Labute approximate surface area is 701 Å². The maximum atomic E-state index is 10.7. The van der Waals surface area contributed by atoms with Gasteiger partial charge in [-0.1, -0.05) is 322 Å². The van der Waals surface area contributed by atoms with Crippen LogP contribution >= 0.6 is 0 Å². The third-order valence-corrected chi connectivity index (χ3v) is 25.0. The molecule has 0 atom stereocenters. The van der Waals surface area contributed by atoms with Gasteiger partial charge in [0.15, 0.2) is 5.69 Å². The first-order valence-corrected chi connectivity index (χ1v) is 41.9. The number of hydrogen-bond donors (Lipinski definition) is 0. The second-order valence-corrected chi connectivity index (χ2v) is 38.0. The Morgan fingerprint density at radius 3 is 0.924 bits per heavy atom. The van der Waals surface area contributed by atoms with E-state index in [2.05, 4.69) is 425 Å². The van der Waals surface area contributed by atoms with E-state index in [0.717, 1.165) is 151 Å². The predicted molar refractivity (Wildman–Crippen MR) is 506 cm³/mol. The van der Waals surface area contributed by atoms with E-state index in [9.17, 15) is 5.26 Å². The van der Waals surface area contributed by atoms with Gasteiger partial charge < -0.3 is 18.9 Å². The van der Waals surface area contributed by atoms with Crippen molar-refractivity contribution in [2.75, 3.05) is 9.80 Å². The summed E-state index contributed by atoms with van der Waals surface area (Å²) in [6.45, 7) is 43.4. The first kappa shape index (κ1) is 75.6. The molecule has 19 rings (SSSR count). The van der Waals surface area contributed by atoms with Gasteiger partial charge >= 0.3 is 0 Å². The molecule has 2 aromatic heterocycles. The van der Waals surface area contributed by atoms with E-state index in [1.807, 2.05) is 24.3 Å². The Balaban J connectivity index is 1.04. The van der Waals surface area contributed by atoms with Crippen LogP contribution in [0.1, 0.15) is 137 Å². The summed E-state index contributed by atoms with van der Waals surface area (Å²) in [4.78, 5) is 9.45. The zero-order valence-corrected chi connectivity index (χ0v) is 70.8. The van der Waals surface area contributed by atoms with Crippen molar-refractivity contribution in [1.82, 2.24) is 9.13 Å². The molecule has 119 heavy (non-hydrogen) atoms. The van der Waals surface area contributed by atoms with E-state index in [1.165, 1.54) is 49.3 Å². The van der Waals surface area contributed by atoms with Crippen molar-refractivity contribution in [3.8, 4) is 84.2 Å². The first-order chi connectivity index (χ1) is 57.1. The van der Waals surface area contributed by atoms with Crippen LogP contribution in [0.3, 0.4) is 0 Å². The van der Waals surface area contributed by atoms with Crippen LogP contribution in [0.25, 0.3) is 127 Å². The Bertz CT molecular complexity index is 6480. The molecule has 4 heterocycles. The molecule has 0 fully saturated rings. The van der Waals surface area contributed by atoms with Crippen molar-refractivity contribution in [1.29, 1.82) is 5.26 Å². The molecule has 0 radical (unpaired) electrons. The SMILES string of the molecule is [C-]#[N+]c1ccc(-c2cc(-c3ccccc3)cc(-c3cc(C(C)(C)C)cc(C(C)(C)C)c3)c2N2c3cc(-n4c5ccccc5c5ccccc54)ccc3B3c4ccc(-n5c6ccccc6c6ccccc65)cc4N(c4c(-c5ccc(C#N)cc5)cc(-c5ccccc5)cc4-c4cc(C(C)(C)C)cc(C(C)(C)C)c4)c4cc(C(C)(C)C)cc2c43)cc1. The topological polar surface area (TPSA) is 44.5 Å². The van der Waals surface area contributed by atoms with Crippen LogP contribution in [0.5, 0.6) is 0 Å². The zero-order valence-electron chi connectivity index (χ0n) is 70.8. The second kappa shape index (κ2) is 28.2. The molecule has 6 nitrogen and oxygen atoms in total. The summed E-state index contributed by atoms with van der Waals surface area (Å²) in [6.07, 6.45) is 0. The van der Waals surface area contributed by atoms with Crippen molar-refractivity contribution < 1.29 is 0 Å². The molecule has 0 saturated heterocycles. The number of hydrogen-bond acceptors (Lipinski definition) is 3. The number of benzene rings is 15. The molecule has 0 amide bonds. The van der Waals surface area contributed by atoms with Crippen molar-refractivity contribution in [2.45, 2.75) is 131 Å². The average molecular weight is 1540 g/mol. The van der Waals surface area contributed by atoms with Crippen LogP contribution in [0.2, 0.25) is 0 Å². The minimum absolute atomic E-state index is 0.233. The standard InChI is InChI=1S/C112H97BN6/c1-108(2,3)79-55-77(56-80(63-79)109(4,5)6)93-61-75(71-31-19-17-20-32-71)59-91(73-45-43-70(69-114)44-46-73)106(93)118-101-67-85(116-97-39-27-23-35-87(97)88-36-24-28-40-98(88)116)51-53-95(101)113-96-54-52-86(117-99-41-29-25-37-89(99)90-38-26-30-42-100(90)117)68-102(96)119(104-66-83(112(13,14)15)65-103(118)105(104)113)107-92(74-47-49-84(115-16)50-48-74)60-76(72-33-21-18-22-34-72)62-94(107)78-57-81(110(7,8)9)64-82(58-78)111(10,11)12/h17-68H,1-15H3. The molecule has 0 spiro atoms. The normalized spacial score (nSPS) is 12.9. The van der Waals surface area contributed by atoms with Crippen LogP contribution in [0, 0.1) is 17.9 Å². The fourth-order valence-electron chi connectivity index (χ4n) is 18.5. The molecule has 0 saturated carbocycles. The summed E-state index contributed by atoms with van der Waals surface area (Å²) in [6, 6.07) is 121. The van der Waals surface area contributed by atoms with Gasteiger partial charge in [-0.25, -0.2) is 4.85 Å². The quantitative estimate of drug-likeness (QED) is 0.101. The van der Waals surface area contributed by atoms with E-state index < -0.39 is 5.41 Å². The monoisotopic (exact) mass is 1540 g/mol. The highest BCUT2D eigenvalue weighted by molar-refractivity contribution is 7.00. The van der Waals surface area contributed by atoms with Crippen molar-refractivity contribution in [3.63, 3.8) is 0 Å². The minimum atomic E-state index is -0.450. The maximum Gasteiger partial charge on any atom is 0.252 e. The molecule has 0 bridgehead atoms. The predicted octanol–water partition coefficient (Wildman–Crippen LogP) is 28.9. The van der Waals surface area contributed by atoms with E-state index >= 15 is 0 Å². The highest BCUT2D eigenvalue weighted by atomic mass is 15.2. The van der Waals surface area contributed by atoms with Crippen molar-refractivity contribution >= 4 is 107 Å². The molecule has 578 valence electrons. The fraction of sp³-hybridized carbons (Fsp3) is 0.179. The summed E-state index contributed by atoms with van der Waals surface area (Å²) in [5.41, 5.74) is 35.1. The summed E-state index contributed by atoms with van der Waals surface area (Å²) >= 11 is 0. The number of nitriles is 1. The largest absolute Gasteiger partial charge is 0.310 e. The van der Waals surface area contributed by atoms with Crippen LogP contribution in [-0.4, -0.2) is 15.8 Å². The third kappa shape index (κ3) is 13.0. The molecular weight excluding hydrogens is 1440 g/mol. The molecule has 0 unspecified atom stereocenters. The van der Waals surface area contributed by atoms with Gasteiger partial charge in [0, 0.05) is 77.9 Å². The van der Waals surface area contributed by atoms with Crippen LogP contribution in [-0.2, 0) is 27.1 Å². The van der Waals surface area contributed by atoms with Gasteiger partial charge in [-0.2, -0.15) is 5.26 Å². The Kier molecular flexibility index (Phi) is 17.9. The van der Waals surface area contributed by atoms with Crippen LogP contribution < -0.4 is 26.2 Å². The fourth-order valence-corrected chi connectivity index (χ4v) is 18.5. The minimum Gasteiger partial charge on any atom is -0.310 e. The summed E-state index contributed by atoms with van der Waals surface area (Å²) < 4.78 is 4.97. The average Bonchev–Trinajstić information content (AvgIpc) is 0.794. The van der Waals surface area contributed by atoms with Gasteiger partial charge in [0.25, 0.3) is 6.71 Å². The third-order valence-electron chi connectivity index (χ3n) is 25.0. The first-order valence-electron chi connectivity index (χ1n) is 41.9. The van der Waals surface area contributed by atoms with E-state index in [-0.39, 0.29) is 28.4 Å². The summed E-state index contributed by atoms with van der Waals surface area (Å²) in [5, 5.41) is 15.5. The summed E-state index contributed by atoms with van der Waals surface area (Å²) in [5.74, 6) is 0.